The summed E-state index contributed by atoms with van der Waals surface area (Å²) in [6, 6.07) is 8.47. The molecule has 0 saturated heterocycles. The van der Waals surface area contributed by atoms with Crippen LogP contribution in [0.2, 0.25) is 0 Å². The van der Waals surface area contributed by atoms with Gasteiger partial charge in [0.15, 0.2) is 0 Å². The Morgan fingerprint density at radius 1 is 1.21 bits per heavy atom. The number of anilines is 1. The first-order valence-corrected chi connectivity index (χ1v) is 5.00. The zero-order valence-corrected chi connectivity index (χ0v) is 9.20. The summed E-state index contributed by atoms with van der Waals surface area (Å²) in [5.41, 5.74) is 2.50. The van der Waals surface area contributed by atoms with E-state index < -0.39 is 0 Å². The molecule has 1 atom stereocenters. The highest BCUT2D eigenvalue weighted by molar-refractivity contribution is 5.46. The molecule has 2 heteroatoms. The molecule has 14 heavy (non-hydrogen) atoms. The summed E-state index contributed by atoms with van der Waals surface area (Å²) in [5.74, 6) is 0.347. The van der Waals surface area contributed by atoms with Crippen molar-refractivity contribution in [1.29, 1.82) is 0 Å². The van der Waals surface area contributed by atoms with Crippen molar-refractivity contribution in [2.75, 3.05) is 25.6 Å². The molecule has 2 nitrogen and oxygen atoms in total. The molecule has 0 aromatic heterocycles. The number of benzene rings is 1. The van der Waals surface area contributed by atoms with Crippen LogP contribution in [-0.4, -0.2) is 25.8 Å². The maximum Gasteiger partial charge on any atom is 0.0459 e. The highest BCUT2D eigenvalue weighted by Gasteiger charge is 2.02. The molecule has 0 aliphatic carbocycles. The van der Waals surface area contributed by atoms with Gasteiger partial charge in [0.1, 0.15) is 0 Å². The van der Waals surface area contributed by atoms with Crippen LogP contribution in [0, 0.1) is 5.92 Å². The summed E-state index contributed by atoms with van der Waals surface area (Å²) >= 11 is 0. The fourth-order valence-corrected chi connectivity index (χ4v) is 1.40. The third-order valence-electron chi connectivity index (χ3n) is 2.35. The predicted molar refractivity (Wildman–Crippen MR) is 60.7 cm³/mol. The third kappa shape index (κ3) is 3.04. The second kappa shape index (κ2) is 5.01. The molecule has 0 aliphatic rings. The predicted octanol–water partition coefficient (Wildman–Crippen LogP) is 1.92. The van der Waals surface area contributed by atoms with Crippen molar-refractivity contribution in [1.82, 2.24) is 0 Å². The average molecular weight is 193 g/mol. The lowest BCUT2D eigenvalue weighted by molar-refractivity contribution is 0.237. The molecule has 0 amide bonds. The summed E-state index contributed by atoms with van der Waals surface area (Å²) in [6.07, 6.45) is 0.949. The van der Waals surface area contributed by atoms with E-state index in [4.69, 9.17) is 5.11 Å². The van der Waals surface area contributed by atoms with Crippen LogP contribution in [0.1, 0.15) is 12.5 Å². The smallest absolute Gasteiger partial charge is 0.0459 e. The molecule has 78 valence electrons. The van der Waals surface area contributed by atoms with Crippen molar-refractivity contribution in [3.63, 3.8) is 0 Å². The van der Waals surface area contributed by atoms with Gasteiger partial charge >= 0.3 is 0 Å². The minimum absolute atomic E-state index is 0.259. The molecule has 1 rings (SSSR count). The molecule has 1 aromatic rings. The first-order chi connectivity index (χ1) is 6.63. The Morgan fingerprint density at radius 2 is 1.79 bits per heavy atom. The van der Waals surface area contributed by atoms with E-state index in [0.29, 0.717) is 5.92 Å². The normalized spacial score (nSPS) is 12.6. The molecule has 0 heterocycles. The Hall–Kier alpha value is -1.02. The van der Waals surface area contributed by atoms with E-state index in [-0.39, 0.29) is 6.61 Å². The molecule has 0 saturated carbocycles. The van der Waals surface area contributed by atoms with Gasteiger partial charge in [-0.15, -0.1) is 0 Å². The lowest BCUT2D eigenvalue weighted by Gasteiger charge is -2.13. The first kappa shape index (κ1) is 11.1. The Morgan fingerprint density at radius 3 is 2.21 bits per heavy atom. The number of hydrogen-bond donors (Lipinski definition) is 1. The number of rotatable bonds is 4. The van der Waals surface area contributed by atoms with Gasteiger partial charge in [-0.25, -0.2) is 0 Å². The fourth-order valence-electron chi connectivity index (χ4n) is 1.40. The number of aliphatic hydroxyl groups is 1. The van der Waals surface area contributed by atoms with Gasteiger partial charge in [-0.05, 0) is 30.0 Å². The summed E-state index contributed by atoms with van der Waals surface area (Å²) in [5, 5.41) is 8.93. The van der Waals surface area contributed by atoms with E-state index in [1.165, 1.54) is 11.3 Å². The van der Waals surface area contributed by atoms with Gasteiger partial charge < -0.3 is 10.0 Å². The number of hydrogen-bond acceptors (Lipinski definition) is 2. The van der Waals surface area contributed by atoms with Crippen LogP contribution < -0.4 is 4.90 Å². The zero-order valence-electron chi connectivity index (χ0n) is 9.20. The number of nitrogens with zero attached hydrogens (tertiary/aromatic N) is 1. The quantitative estimate of drug-likeness (QED) is 0.789. The van der Waals surface area contributed by atoms with Crippen molar-refractivity contribution in [3.8, 4) is 0 Å². The minimum atomic E-state index is 0.259. The molecular formula is C12H19NO. The van der Waals surface area contributed by atoms with Crippen molar-refractivity contribution < 1.29 is 5.11 Å². The molecule has 0 unspecified atom stereocenters. The van der Waals surface area contributed by atoms with Crippen molar-refractivity contribution in [2.24, 2.45) is 5.92 Å². The highest BCUT2D eigenvalue weighted by atomic mass is 16.3. The van der Waals surface area contributed by atoms with Gasteiger partial charge in [-0.1, -0.05) is 19.1 Å². The van der Waals surface area contributed by atoms with Crippen molar-refractivity contribution in [3.05, 3.63) is 29.8 Å². The summed E-state index contributed by atoms with van der Waals surface area (Å²) in [7, 11) is 4.07. The lowest BCUT2D eigenvalue weighted by atomic mass is 10.0. The molecule has 1 aromatic carbocycles. The Bertz CT molecular complexity index is 266. The summed E-state index contributed by atoms with van der Waals surface area (Å²) in [4.78, 5) is 2.08. The lowest BCUT2D eigenvalue weighted by Crippen LogP contribution is -2.09. The second-order valence-electron chi connectivity index (χ2n) is 4.05. The van der Waals surface area contributed by atoms with Gasteiger partial charge in [-0.2, -0.15) is 0 Å². The van der Waals surface area contributed by atoms with E-state index in [9.17, 15) is 0 Å². The molecule has 1 N–H and O–H groups in total. The fraction of sp³-hybridized carbons (Fsp3) is 0.500. The van der Waals surface area contributed by atoms with Gasteiger partial charge in [0.25, 0.3) is 0 Å². The molecule has 0 bridgehead atoms. The molecule has 0 fully saturated rings. The van der Waals surface area contributed by atoms with E-state index in [2.05, 4.69) is 36.1 Å². The summed E-state index contributed by atoms with van der Waals surface area (Å²) < 4.78 is 0. The van der Waals surface area contributed by atoms with E-state index in [1.807, 2.05) is 14.1 Å². The van der Waals surface area contributed by atoms with Crippen LogP contribution in [0.5, 0.6) is 0 Å². The SMILES string of the molecule is C[C@H](CO)Cc1ccc(N(C)C)cc1. The molecular weight excluding hydrogens is 174 g/mol. The van der Waals surface area contributed by atoms with Crippen molar-refractivity contribution >= 4 is 5.69 Å². The largest absolute Gasteiger partial charge is 0.396 e. The minimum Gasteiger partial charge on any atom is -0.396 e. The maximum absolute atomic E-state index is 8.93. The van der Waals surface area contributed by atoms with E-state index in [1.54, 1.807) is 0 Å². The Kier molecular flexibility index (Phi) is 3.96. The average Bonchev–Trinajstić information content (AvgIpc) is 2.18. The van der Waals surface area contributed by atoms with Crippen LogP contribution in [0.25, 0.3) is 0 Å². The molecule has 0 radical (unpaired) electrons. The van der Waals surface area contributed by atoms with E-state index >= 15 is 0 Å². The van der Waals surface area contributed by atoms with Crippen LogP contribution in [0.15, 0.2) is 24.3 Å². The standard InChI is InChI=1S/C12H19NO/c1-10(9-14)8-11-4-6-12(7-5-11)13(2)3/h4-7,10,14H,8-9H2,1-3H3/t10-/m0/s1. The van der Waals surface area contributed by atoms with E-state index in [0.717, 1.165) is 6.42 Å². The Labute approximate surface area is 86.2 Å². The van der Waals surface area contributed by atoms with Crippen LogP contribution in [0.4, 0.5) is 5.69 Å². The Balaban J connectivity index is 2.64. The van der Waals surface area contributed by atoms with Gasteiger partial charge in [0.05, 0.1) is 0 Å². The monoisotopic (exact) mass is 193 g/mol. The van der Waals surface area contributed by atoms with Crippen molar-refractivity contribution in [2.45, 2.75) is 13.3 Å². The zero-order chi connectivity index (χ0) is 10.6. The third-order valence-corrected chi connectivity index (χ3v) is 2.35. The van der Waals surface area contributed by atoms with Gasteiger partial charge in [0.2, 0.25) is 0 Å². The first-order valence-electron chi connectivity index (χ1n) is 5.00. The molecule has 0 aliphatic heterocycles. The maximum atomic E-state index is 8.93. The number of aliphatic hydroxyl groups excluding tert-OH is 1. The van der Waals surface area contributed by atoms with Crippen LogP contribution in [-0.2, 0) is 6.42 Å². The highest BCUT2D eigenvalue weighted by Crippen LogP contribution is 2.14. The topological polar surface area (TPSA) is 23.5 Å². The van der Waals surface area contributed by atoms with Gasteiger partial charge in [-0.3, -0.25) is 0 Å². The van der Waals surface area contributed by atoms with Crippen LogP contribution >= 0.6 is 0 Å². The second-order valence-corrected chi connectivity index (χ2v) is 4.05. The van der Waals surface area contributed by atoms with Gasteiger partial charge in [0, 0.05) is 26.4 Å². The molecule has 0 spiro atoms. The summed E-state index contributed by atoms with van der Waals surface area (Å²) in [6.45, 7) is 2.31. The van der Waals surface area contributed by atoms with Crippen LogP contribution in [0.3, 0.4) is 0 Å².